The Hall–Kier alpha value is -4.25. The number of alkyl halides is 3. The fourth-order valence-corrected chi connectivity index (χ4v) is 6.63. The Bertz CT molecular complexity index is 1730. The zero-order valence-electron chi connectivity index (χ0n) is 26.8. The van der Waals surface area contributed by atoms with E-state index in [9.17, 15) is 31.8 Å². The second-order valence-electron chi connectivity index (χ2n) is 12.8. The maximum Gasteiger partial charge on any atom is 0.422 e. The molecule has 50 heavy (non-hydrogen) atoms. The summed E-state index contributed by atoms with van der Waals surface area (Å²) in [5.74, 6) is -1.15. The van der Waals surface area contributed by atoms with Gasteiger partial charge in [-0.3, -0.25) is 19.1 Å². The molecule has 3 saturated carbocycles. The molecule has 1 atom stereocenters. The van der Waals surface area contributed by atoms with Crippen molar-refractivity contribution >= 4 is 57.9 Å². The van der Waals surface area contributed by atoms with E-state index in [4.69, 9.17) is 16.3 Å². The summed E-state index contributed by atoms with van der Waals surface area (Å²) >= 11 is 6.11. The molecule has 1 aromatic heterocycles. The first kappa shape index (κ1) is 35.6. The molecule has 4 aliphatic rings. The molecule has 1 aromatic carbocycles. The van der Waals surface area contributed by atoms with Crippen molar-refractivity contribution in [3.8, 4) is 6.01 Å². The highest BCUT2D eigenvalue weighted by molar-refractivity contribution is 7.84. The Kier molecular flexibility index (Phi) is 10.3. The van der Waals surface area contributed by atoms with Crippen LogP contribution in [0, 0.1) is 0 Å². The van der Waals surface area contributed by atoms with Gasteiger partial charge in [-0.15, -0.1) is 0 Å². The van der Waals surface area contributed by atoms with Crippen LogP contribution in [0.15, 0.2) is 47.0 Å². The van der Waals surface area contributed by atoms with Crippen LogP contribution in [-0.2, 0) is 20.6 Å². The second-order valence-corrected chi connectivity index (χ2v) is 14.8. The zero-order valence-corrected chi connectivity index (χ0v) is 28.4. The Balaban J connectivity index is 1.00. The highest BCUT2D eigenvalue weighted by Crippen LogP contribution is 2.48. The molecule has 0 bridgehead atoms. The van der Waals surface area contributed by atoms with Crippen LogP contribution < -0.4 is 30.7 Å². The number of ether oxygens (including phenoxy) is 1. The van der Waals surface area contributed by atoms with Gasteiger partial charge in [-0.2, -0.15) is 28.1 Å². The molecule has 4 aliphatic carbocycles. The van der Waals surface area contributed by atoms with Crippen LogP contribution >= 0.6 is 11.6 Å². The van der Waals surface area contributed by atoms with Gasteiger partial charge >= 0.3 is 12.2 Å². The Morgan fingerprint density at radius 1 is 0.980 bits per heavy atom. The molecule has 5 N–H and O–H groups in total. The van der Waals surface area contributed by atoms with Gasteiger partial charge in [0.2, 0.25) is 17.8 Å². The predicted octanol–water partition coefficient (Wildman–Crippen LogP) is 4.44. The number of anilines is 3. The van der Waals surface area contributed by atoms with E-state index in [1.54, 1.807) is 24.3 Å². The van der Waals surface area contributed by atoms with Gasteiger partial charge in [-0.1, -0.05) is 17.7 Å². The molecule has 2 aromatic rings. The number of rotatable bonds is 16. The summed E-state index contributed by atoms with van der Waals surface area (Å²) in [5, 5.41) is 12.4. The van der Waals surface area contributed by atoms with E-state index in [1.807, 2.05) is 12.2 Å². The molecule has 18 heteroatoms. The van der Waals surface area contributed by atoms with Crippen molar-refractivity contribution in [1.29, 1.82) is 0 Å². The smallest absolute Gasteiger partial charge is 0.422 e. The van der Waals surface area contributed by atoms with Crippen molar-refractivity contribution in [3.05, 3.63) is 52.6 Å². The normalized spacial score (nSPS) is 19.2. The Morgan fingerprint density at radius 2 is 1.70 bits per heavy atom. The van der Waals surface area contributed by atoms with Crippen molar-refractivity contribution in [2.24, 2.45) is 0 Å². The predicted molar refractivity (Wildman–Crippen MR) is 179 cm³/mol. The van der Waals surface area contributed by atoms with Gasteiger partial charge in [0.05, 0.1) is 10.8 Å². The Morgan fingerprint density at radius 3 is 2.32 bits per heavy atom. The number of aromatic nitrogens is 3. The first-order valence-corrected chi connectivity index (χ1v) is 17.9. The fourth-order valence-electron chi connectivity index (χ4n) is 5.36. The highest BCUT2D eigenvalue weighted by atomic mass is 35.5. The van der Waals surface area contributed by atoms with Crippen LogP contribution in [0.25, 0.3) is 0 Å². The summed E-state index contributed by atoms with van der Waals surface area (Å²) in [6.07, 6.45) is 5.22. The van der Waals surface area contributed by atoms with E-state index < -0.39 is 46.8 Å². The number of halogens is 4. The third-order valence-electron chi connectivity index (χ3n) is 8.65. The molecule has 13 nitrogen and oxygen atoms in total. The van der Waals surface area contributed by atoms with Crippen LogP contribution in [0.2, 0.25) is 0 Å². The number of hydrogen-bond donors (Lipinski definition) is 5. The molecule has 3 fully saturated rings. The largest absolute Gasteiger partial charge is 0.454 e. The van der Waals surface area contributed by atoms with Gasteiger partial charge < -0.3 is 26.0 Å². The second kappa shape index (κ2) is 14.5. The van der Waals surface area contributed by atoms with Gasteiger partial charge in [0.1, 0.15) is 16.5 Å². The molecule has 0 aliphatic heterocycles. The average molecular weight is 737 g/mol. The number of carbonyl (C=O) groups is 3. The number of amides is 3. The van der Waals surface area contributed by atoms with E-state index in [0.717, 1.165) is 42.7 Å². The Labute approximate surface area is 293 Å². The number of benzene rings is 1. The van der Waals surface area contributed by atoms with Crippen molar-refractivity contribution in [2.45, 2.75) is 86.7 Å². The van der Waals surface area contributed by atoms with Gasteiger partial charge in [0.25, 0.3) is 11.8 Å². The maximum atomic E-state index is 12.9. The quantitative estimate of drug-likeness (QED) is 0.155. The maximum absolute atomic E-state index is 12.9. The number of hydrogen-bond acceptors (Lipinski definition) is 10. The molecule has 6 rings (SSSR count). The van der Waals surface area contributed by atoms with Crippen molar-refractivity contribution in [3.63, 3.8) is 0 Å². The minimum absolute atomic E-state index is 0.000863. The van der Waals surface area contributed by atoms with Crippen molar-refractivity contribution in [2.75, 3.05) is 23.8 Å². The summed E-state index contributed by atoms with van der Waals surface area (Å²) in [7, 11) is -1.42. The van der Waals surface area contributed by atoms with E-state index in [1.165, 1.54) is 0 Å². The number of nitrogens with one attached hydrogen (secondary N) is 5. The van der Waals surface area contributed by atoms with Crippen LogP contribution in [0.1, 0.15) is 74.6 Å². The van der Waals surface area contributed by atoms with Crippen molar-refractivity contribution < 1.29 is 36.5 Å². The lowest BCUT2D eigenvalue weighted by molar-refractivity contribution is -0.154. The summed E-state index contributed by atoms with van der Waals surface area (Å²) in [6, 6.07) is 5.73. The van der Waals surface area contributed by atoms with E-state index in [-0.39, 0.29) is 41.9 Å². The molecule has 1 unspecified atom stereocenters. The van der Waals surface area contributed by atoms with Crippen molar-refractivity contribution in [1.82, 2.24) is 30.3 Å². The first-order chi connectivity index (χ1) is 23.8. The number of nitrogens with zero attached hydrogens (tertiary/aromatic N) is 3. The lowest BCUT2D eigenvalue weighted by Gasteiger charge is -2.23. The molecule has 268 valence electrons. The van der Waals surface area contributed by atoms with Crippen LogP contribution in [0.3, 0.4) is 0 Å². The van der Waals surface area contributed by atoms with Gasteiger partial charge in [-0.25, -0.2) is 4.21 Å². The molecule has 3 amide bonds. The van der Waals surface area contributed by atoms with Gasteiger partial charge in [0.15, 0.2) is 6.61 Å². The third kappa shape index (κ3) is 9.50. The minimum atomic E-state index is -4.59. The first-order valence-electron chi connectivity index (χ1n) is 16.3. The molecule has 0 radical (unpaired) electrons. The minimum Gasteiger partial charge on any atom is -0.454 e. The molecule has 0 saturated heterocycles. The monoisotopic (exact) mass is 736 g/mol. The van der Waals surface area contributed by atoms with E-state index in [2.05, 4.69) is 40.9 Å². The van der Waals surface area contributed by atoms with E-state index in [0.29, 0.717) is 36.9 Å². The van der Waals surface area contributed by atoms with Gasteiger partial charge in [0, 0.05) is 29.2 Å². The SMILES string of the molecule is O=C(CCCNC(=O)c1ccc(Nc2nc(NC3(C4=CC=C(Cl)CC4)CC3)nc(OCC(F)(F)F)n2)cc1)NC1(C(=O)NS(=O)C2CC2)CC1. The standard InChI is InChI=1S/C32H36ClF3N8O5S/c33-21-7-5-20(6-8-21)30(13-14-30)43-28-39-27(40-29(41-28)49-18-32(34,35)36)38-22-9-3-19(4-10-22)25(46)37-17-1-2-24(45)42-31(15-16-31)26(47)44-50(48)23-11-12-23/h3-5,7,9-10,23H,1-2,6,8,11-18H2,(H,37,46)(H,42,45)(H,44,47)(H2,38,39,40,41,43). The molecular formula is C32H36ClF3N8O5S. The summed E-state index contributed by atoms with van der Waals surface area (Å²) in [4.78, 5) is 50.0. The van der Waals surface area contributed by atoms with E-state index >= 15 is 0 Å². The zero-order chi connectivity index (χ0) is 35.5. The van der Waals surface area contributed by atoms with Crippen LogP contribution in [-0.4, -0.2) is 72.5 Å². The molecular weight excluding hydrogens is 701 g/mol. The van der Waals surface area contributed by atoms with Crippen LogP contribution in [0.4, 0.5) is 30.8 Å². The van der Waals surface area contributed by atoms with Crippen LogP contribution in [0.5, 0.6) is 6.01 Å². The lowest BCUT2D eigenvalue weighted by Crippen LogP contribution is -2.49. The highest BCUT2D eigenvalue weighted by Gasteiger charge is 2.52. The summed E-state index contributed by atoms with van der Waals surface area (Å²) < 4.78 is 58.1. The molecule has 0 spiro atoms. The number of allylic oxidation sites excluding steroid dienone is 3. The fraction of sp³-hybridized carbons (Fsp3) is 0.500. The summed E-state index contributed by atoms with van der Waals surface area (Å²) in [5.41, 5.74) is 0.445. The van der Waals surface area contributed by atoms with Gasteiger partial charge in [-0.05, 0) is 93.7 Å². The summed E-state index contributed by atoms with van der Waals surface area (Å²) in [6.45, 7) is -1.37. The average Bonchev–Trinajstić information content (AvgIpc) is 3.93. The molecule has 1 heterocycles. The number of carbonyl (C=O) groups excluding carboxylic acids is 3. The topological polar surface area (TPSA) is 176 Å². The lowest BCUT2D eigenvalue weighted by atomic mass is 9.96. The third-order valence-corrected chi connectivity index (χ3v) is 10.4.